The summed E-state index contributed by atoms with van der Waals surface area (Å²) >= 11 is 0. The molecule has 2 N–H and O–H groups in total. The van der Waals surface area contributed by atoms with Crippen LogP contribution in [0.2, 0.25) is 0 Å². The fraction of sp³-hybridized carbons (Fsp3) is 0.357. The van der Waals surface area contributed by atoms with Crippen LogP contribution in [-0.4, -0.2) is 23.3 Å². The van der Waals surface area contributed by atoms with Gasteiger partial charge in [0.05, 0.1) is 17.9 Å². The van der Waals surface area contributed by atoms with Crippen LogP contribution in [0.25, 0.3) is 11.3 Å². The van der Waals surface area contributed by atoms with Crippen LogP contribution in [0.4, 0.5) is 0 Å². The van der Waals surface area contributed by atoms with E-state index in [0.717, 1.165) is 41.5 Å². The van der Waals surface area contributed by atoms with E-state index < -0.39 is 0 Å². The molecule has 0 unspecified atom stereocenters. The van der Waals surface area contributed by atoms with Crippen molar-refractivity contribution in [1.82, 2.24) is 15.3 Å². The molecule has 0 aliphatic carbocycles. The molecular formula is C14H15N3O2. The van der Waals surface area contributed by atoms with Gasteiger partial charge in [0.2, 0.25) is 6.79 Å². The van der Waals surface area contributed by atoms with Crippen molar-refractivity contribution in [3.05, 3.63) is 30.2 Å². The number of hydrogen-bond acceptors (Lipinski definition) is 4. The summed E-state index contributed by atoms with van der Waals surface area (Å²) in [6, 6.07) is 6.31. The van der Waals surface area contributed by atoms with Crippen LogP contribution in [-0.2, 0) is 0 Å². The lowest BCUT2D eigenvalue weighted by Crippen LogP contribution is -2.14. The Morgan fingerprint density at radius 3 is 3.05 bits per heavy atom. The van der Waals surface area contributed by atoms with Gasteiger partial charge >= 0.3 is 0 Å². The molecule has 1 fully saturated rings. The molecule has 1 atom stereocenters. The van der Waals surface area contributed by atoms with Crippen molar-refractivity contribution in [1.29, 1.82) is 0 Å². The van der Waals surface area contributed by atoms with Crippen molar-refractivity contribution in [3.8, 4) is 22.8 Å². The molecule has 5 heteroatoms. The third kappa shape index (κ3) is 1.86. The van der Waals surface area contributed by atoms with Gasteiger partial charge < -0.3 is 19.8 Å². The largest absolute Gasteiger partial charge is 0.454 e. The van der Waals surface area contributed by atoms with Crippen molar-refractivity contribution in [2.75, 3.05) is 13.3 Å². The second kappa shape index (κ2) is 4.28. The number of fused-ring (bicyclic) bond motifs is 1. The lowest BCUT2D eigenvalue weighted by Gasteiger charge is -2.05. The van der Waals surface area contributed by atoms with Crippen LogP contribution in [0.15, 0.2) is 24.4 Å². The van der Waals surface area contributed by atoms with Gasteiger partial charge in [0, 0.05) is 5.56 Å². The molecule has 1 aromatic carbocycles. The zero-order valence-corrected chi connectivity index (χ0v) is 10.5. The maximum absolute atomic E-state index is 5.40. The first kappa shape index (κ1) is 10.9. The topological polar surface area (TPSA) is 59.2 Å². The average Bonchev–Trinajstić information content (AvgIpc) is 3.18. The summed E-state index contributed by atoms with van der Waals surface area (Å²) < 4.78 is 10.7. The number of nitrogens with zero attached hydrogens (tertiary/aromatic N) is 1. The molecule has 1 aromatic heterocycles. The lowest BCUT2D eigenvalue weighted by atomic mass is 10.1. The highest BCUT2D eigenvalue weighted by Gasteiger charge is 2.20. The summed E-state index contributed by atoms with van der Waals surface area (Å²) in [5.41, 5.74) is 2.09. The molecule has 0 saturated carbocycles. The lowest BCUT2D eigenvalue weighted by molar-refractivity contribution is 0.174. The first-order valence-electron chi connectivity index (χ1n) is 6.58. The quantitative estimate of drug-likeness (QED) is 0.866. The number of hydrogen-bond donors (Lipinski definition) is 2. The Morgan fingerprint density at radius 1 is 1.21 bits per heavy atom. The molecule has 19 heavy (non-hydrogen) atoms. The monoisotopic (exact) mass is 257 g/mol. The van der Waals surface area contributed by atoms with Gasteiger partial charge in [-0.1, -0.05) is 0 Å². The molecular weight excluding hydrogens is 242 g/mol. The molecule has 4 rings (SSSR count). The minimum Gasteiger partial charge on any atom is -0.454 e. The number of aromatic nitrogens is 2. The second-order valence-electron chi connectivity index (χ2n) is 4.90. The number of H-pyrrole nitrogens is 1. The zero-order chi connectivity index (χ0) is 12.7. The van der Waals surface area contributed by atoms with Crippen LogP contribution < -0.4 is 14.8 Å². The molecule has 2 aliphatic heterocycles. The number of aromatic amines is 1. The van der Waals surface area contributed by atoms with Gasteiger partial charge in [0.15, 0.2) is 11.5 Å². The van der Waals surface area contributed by atoms with Gasteiger partial charge in [-0.15, -0.1) is 0 Å². The standard InChI is InChI=1S/C14H15N3O2/c1-2-10(15-5-1)14-16-7-11(17-14)9-3-4-12-13(6-9)19-8-18-12/h3-4,6-7,10,15H,1-2,5,8H2,(H,16,17)/t10-/m0/s1. The Bertz CT molecular complexity index is 602. The van der Waals surface area contributed by atoms with Gasteiger partial charge in [-0.05, 0) is 37.6 Å². The maximum atomic E-state index is 5.40. The van der Waals surface area contributed by atoms with Crippen LogP contribution >= 0.6 is 0 Å². The zero-order valence-electron chi connectivity index (χ0n) is 10.5. The van der Waals surface area contributed by atoms with E-state index in [1.807, 2.05) is 24.4 Å². The second-order valence-corrected chi connectivity index (χ2v) is 4.90. The molecule has 0 bridgehead atoms. The maximum Gasteiger partial charge on any atom is 0.231 e. The Labute approximate surface area is 111 Å². The summed E-state index contributed by atoms with van der Waals surface area (Å²) in [5.74, 6) is 2.62. The van der Waals surface area contributed by atoms with E-state index in [4.69, 9.17) is 9.47 Å². The molecule has 98 valence electrons. The van der Waals surface area contributed by atoms with Crippen LogP contribution in [0.3, 0.4) is 0 Å². The molecule has 2 aromatic rings. The molecule has 0 amide bonds. The van der Waals surface area contributed by atoms with Gasteiger partial charge in [-0.3, -0.25) is 0 Å². The van der Waals surface area contributed by atoms with Crippen LogP contribution in [0.5, 0.6) is 11.5 Å². The Kier molecular flexibility index (Phi) is 2.45. The smallest absolute Gasteiger partial charge is 0.231 e. The van der Waals surface area contributed by atoms with Crippen molar-refractivity contribution < 1.29 is 9.47 Å². The number of rotatable bonds is 2. The predicted molar refractivity (Wildman–Crippen MR) is 70.1 cm³/mol. The van der Waals surface area contributed by atoms with E-state index in [2.05, 4.69) is 15.3 Å². The molecule has 0 radical (unpaired) electrons. The summed E-state index contributed by atoms with van der Waals surface area (Å²) in [5, 5.41) is 3.44. The number of imidazole rings is 1. The van der Waals surface area contributed by atoms with E-state index in [1.165, 1.54) is 6.42 Å². The molecule has 3 heterocycles. The molecule has 5 nitrogen and oxygen atoms in total. The van der Waals surface area contributed by atoms with Crippen LogP contribution in [0.1, 0.15) is 24.7 Å². The number of ether oxygens (including phenoxy) is 2. The average molecular weight is 257 g/mol. The Morgan fingerprint density at radius 2 is 2.16 bits per heavy atom. The summed E-state index contributed by atoms with van der Waals surface area (Å²) in [4.78, 5) is 7.87. The third-order valence-corrected chi connectivity index (χ3v) is 3.67. The molecule has 1 saturated heterocycles. The van der Waals surface area contributed by atoms with E-state index in [1.54, 1.807) is 0 Å². The fourth-order valence-electron chi connectivity index (χ4n) is 2.64. The SMILES string of the molecule is c1cc2c(cc1-c1cnc([C@@H]3CCCN3)[nH]1)OCO2. The first-order chi connectivity index (χ1) is 9.40. The third-order valence-electron chi connectivity index (χ3n) is 3.67. The Hall–Kier alpha value is -2.01. The highest BCUT2D eigenvalue weighted by atomic mass is 16.7. The van der Waals surface area contributed by atoms with E-state index >= 15 is 0 Å². The normalized spacial score (nSPS) is 20.9. The van der Waals surface area contributed by atoms with E-state index in [9.17, 15) is 0 Å². The van der Waals surface area contributed by atoms with Crippen molar-refractivity contribution in [2.24, 2.45) is 0 Å². The summed E-state index contributed by atoms with van der Waals surface area (Å²) in [6.45, 7) is 1.38. The van der Waals surface area contributed by atoms with Gasteiger partial charge in [-0.2, -0.15) is 0 Å². The van der Waals surface area contributed by atoms with Gasteiger partial charge in [0.1, 0.15) is 5.82 Å². The van der Waals surface area contributed by atoms with Crippen molar-refractivity contribution in [3.63, 3.8) is 0 Å². The van der Waals surface area contributed by atoms with E-state index in [-0.39, 0.29) is 0 Å². The van der Waals surface area contributed by atoms with Crippen molar-refractivity contribution >= 4 is 0 Å². The number of benzene rings is 1. The van der Waals surface area contributed by atoms with Gasteiger partial charge in [0.25, 0.3) is 0 Å². The first-order valence-corrected chi connectivity index (χ1v) is 6.58. The minimum absolute atomic E-state index is 0.305. The van der Waals surface area contributed by atoms with Crippen LogP contribution in [0, 0.1) is 0 Å². The minimum atomic E-state index is 0.305. The molecule has 0 spiro atoms. The fourth-order valence-corrected chi connectivity index (χ4v) is 2.64. The highest BCUT2D eigenvalue weighted by Crippen LogP contribution is 2.35. The van der Waals surface area contributed by atoms with Crippen molar-refractivity contribution in [2.45, 2.75) is 18.9 Å². The predicted octanol–water partition coefficient (Wildman–Crippen LogP) is 2.23. The highest BCUT2D eigenvalue weighted by molar-refractivity contribution is 5.64. The summed E-state index contributed by atoms with van der Waals surface area (Å²) in [7, 11) is 0. The molecule has 2 aliphatic rings. The Balaban J connectivity index is 1.65. The summed E-state index contributed by atoms with van der Waals surface area (Å²) in [6.07, 6.45) is 4.24. The number of nitrogens with one attached hydrogen (secondary N) is 2. The van der Waals surface area contributed by atoms with E-state index in [0.29, 0.717) is 12.8 Å². The van der Waals surface area contributed by atoms with Gasteiger partial charge in [-0.25, -0.2) is 4.98 Å².